The van der Waals surface area contributed by atoms with Gasteiger partial charge in [-0.2, -0.15) is 0 Å². The lowest BCUT2D eigenvalue weighted by atomic mass is 9.97. The van der Waals surface area contributed by atoms with Crippen molar-refractivity contribution in [1.29, 1.82) is 0 Å². The highest BCUT2D eigenvalue weighted by Gasteiger charge is 2.23. The van der Waals surface area contributed by atoms with Crippen molar-refractivity contribution in [3.8, 4) is 11.3 Å². The van der Waals surface area contributed by atoms with Crippen molar-refractivity contribution in [2.24, 2.45) is 7.05 Å². The van der Waals surface area contributed by atoms with Crippen molar-refractivity contribution in [3.63, 3.8) is 0 Å². The first-order valence-corrected chi connectivity index (χ1v) is 9.92. The minimum atomic E-state index is -0.480. The molecule has 1 unspecified atom stereocenters. The number of para-hydroxylation sites is 1. The van der Waals surface area contributed by atoms with E-state index in [9.17, 15) is 4.79 Å². The van der Waals surface area contributed by atoms with E-state index < -0.39 is 6.04 Å². The summed E-state index contributed by atoms with van der Waals surface area (Å²) in [6, 6.07) is 14.5. The third-order valence-electron chi connectivity index (χ3n) is 5.20. The monoisotopic (exact) mass is 430 g/mol. The Labute approximate surface area is 184 Å². The molecule has 154 valence electrons. The molecule has 0 aliphatic rings. The van der Waals surface area contributed by atoms with Crippen LogP contribution in [0.5, 0.6) is 0 Å². The highest BCUT2D eigenvalue weighted by atomic mass is 35.5. The fraction of sp³-hybridized carbons (Fsp3) is 0.130. The first-order chi connectivity index (χ1) is 14.9. The van der Waals surface area contributed by atoms with Gasteiger partial charge in [0, 0.05) is 18.0 Å². The van der Waals surface area contributed by atoms with E-state index >= 15 is 0 Å². The van der Waals surface area contributed by atoms with Crippen molar-refractivity contribution in [2.45, 2.75) is 13.0 Å². The van der Waals surface area contributed by atoms with Gasteiger partial charge in [-0.1, -0.05) is 48.0 Å². The number of nitrogen functional groups attached to an aromatic ring is 1. The van der Waals surface area contributed by atoms with Gasteiger partial charge in [0.1, 0.15) is 18.0 Å². The molecule has 0 radical (unpaired) electrons. The molecule has 1 atom stereocenters. The van der Waals surface area contributed by atoms with Crippen molar-refractivity contribution in [2.75, 3.05) is 11.1 Å². The molecular formula is C23H19ClN6O. The number of hydrogen-bond acceptors (Lipinski definition) is 5. The maximum Gasteiger partial charge on any atom is 0.268 e. The molecule has 0 saturated heterocycles. The van der Waals surface area contributed by atoms with E-state index in [0.29, 0.717) is 21.5 Å². The van der Waals surface area contributed by atoms with E-state index in [0.717, 1.165) is 11.3 Å². The molecule has 2 heterocycles. The Hall–Kier alpha value is -3.89. The Morgan fingerprint density at radius 3 is 2.61 bits per heavy atom. The van der Waals surface area contributed by atoms with Gasteiger partial charge < -0.3 is 15.6 Å². The number of benzene rings is 2. The number of nitrogens with one attached hydrogen (secondary N) is 1. The Kier molecular flexibility index (Phi) is 5.32. The molecule has 0 fully saturated rings. The number of nitrogens with zero attached hydrogens (tertiary/aromatic N) is 4. The molecule has 7 nitrogen and oxygen atoms in total. The highest BCUT2D eigenvalue weighted by molar-refractivity contribution is 6.35. The second-order valence-corrected chi connectivity index (χ2v) is 7.49. The van der Waals surface area contributed by atoms with Gasteiger partial charge in [-0.05, 0) is 24.6 Å². The number of aryl methyl sites for hydroxylation is 1. The van der Waals surface area contributed by atoms with E-state index in [4.69, 9.17) is 23.9 Å². The standard InChI is InChI=1S/C23H19ClN6O/c1-13(29-23-18(26-2)22(25)27-12-28-23)17-19(14-8-5-4-6-9-14)30(3)20-15(21(17)31)10-7-11-16(20)24/h4-13H,1,3H3,(H3,25,27,28,29). The van der Waals surface area contributed by atoms with Crippen molar-refractivity contribution in [3.05, 3.63) is 87.1 Å². The molecule has 0 saturated carbocycles. The summed E-state index contributed by atoms with van der Waals surface area (Å²) in [5, 5.41) is 4.20. The summed E-state index contributed by atoms with van der Waals surface area (Å²) in [5.41, 5.74) is 8.62. The van der Waals surface area contributed by atoms with Gasteiger partial charge in [0.2, 0.25) is 0 Å². The van der Waals surface area contributed by atoms with Crippen LogP contribution in [-0.4, -0.2) is 14.5 Å². The molecule has 0 spiro atoms. The maximum atomic E-state index is 13.7. The number of pyridine rings is 1. The van der Waals surface area contributed by atoms with Crippen LogP contribution < -0.4 is 16.5 Å². The van der Waals surface area contributed by atoms with E-state index in [-0.39, 0.29) is 22.8 Å². The van der Waals surface area contributed by atoms with Gasteiger partial charge in [-0.3, -0.25) is 4.79 Å². The van der Waals surface area contributed by atoms with E-state index in [1.807, 2.05) is 48.9 Å². The fourth-order valence-electron chi connectivity index (χ4n) is 3.82. The summed E-state index contributed by atoms with van der Waals surface area (Å²) >= 11 is 6.47. The van der Waals surface area contributed by atoms with E-state index in [1.165, 1.54) is 6.33 Å². The van der Waals surface area contributed by atoms with Gasteiger partial charge in [-0.15, -0.1) is 0 Å². The summed E-state index contributed by atoms with van der Waals surface area (Å²) in [7, 11) is 1.89. The van der Waals surface area contributed by atoms with Crippen LogP contribution in [0.25, 0.3) is 27.0 Å². The number of anilines is 2. The van der Waals surface area contributed by atoms with Crippen LogP contribution in [0, 0.1) is 6.57 Å². The zero-order valence-electron chi connectivity index (χ0n) is 16.9. The molecule has 0 bridgehead atoms. The van der Waals surface area contributed by atoms with Gasteiger partial charge in [0.05, 0.1) is 28.8 Å². The molecular weight excluding hydrogens is 412 g/mol. The predicted octanol–water partition coefficient (Wildman–Crippen LogP) is 4.95. The maximum absolute atomic E-state index is 13.7. The minimum Gasteiger partial charge on any atom is -0.392 e. The Bertz CT molecular complexity index is 1390. The molecule has 2 aromatic heterocycles. The van der Waals surface area contributed by atoms with E-state index in [1.54, 1.807) is 18.2 Å². The molecule has 8 heteroatoms. The minimum absolute atomic E-state index is 0.0844. The van der Waals surface area contributed by atoms with Crippen molar-refractivity contribution < 1.29 is 0 Å². The second kappa shape index (κ2) is 8.09. The summed E-state index contributed by atoms with van der Waals surface area (Å²) in [5.74, 6) is 0.364. The van der Waals surface area contributed by atoms with Crippen LogP contribution in [-0.2, 0) is 7.05 Å². The third kappa shape index (κ3) is 3.47. The summed E-state index contributed by atoms with van der Waals surface area (Å²) in [6.07, 6.45) is 1.29. The number of nitrogens with two attached hydrogens (primary N) is 1. The lowest BCUT2D eigenvalue weighted by Gasteiger charge is -2.23. The summed E-state index contributed by atoms with van der Waals surface area (Å²) < 4.78 is 1.94. The SMILES string of the molecule is [C-]#[N+]c1c(N)ncnc1NC(C)c1c(-c2ccccc2)n(C)c2c(Cl)cccc2c1=O. The number of hydrogen-bond donors (Lipinski definition) is 2. The van der Waals surface area contributed by atoms with Gasteiger partial charge in [0.25, 0.3) is 5.69 Å². The summed E-state index contributed by atoms with van der Waals surface area (Å²) in [6.45, 7) is 9.26. The number of fused-ring (bicyclic) bond motifs is 1. The van der Waals surface area contributed by atoms with Gasteiger partial charge in [0.15, 0.2) is 5.43 Å². The molecule has 3 N–H and O–H groups in total. The number of halogens is 1. The lowest BCUT2D eigenvalue weighted by Crippen LogP contribution is -2.23. The molecule has 0 aliphatic carbocycles. The fourth-order valence-corrected chi connectivity index (χ4v) is 4.12. The average Bonchev–Trinajstić information content (AvgIpc) is 2.76. The molecule has 0 amide bonds. The number of rotatable bonds is 4. The molecule has 2 aromatic carbocycles. The Balaban J connectivity index is 2.00. The highest BCUT2D eigenvalue weighted by Crippen LogP contribution is 2.35. The topological polar surface area (TPSA) is 90.2 Å². The first kappa shape index (κ1) is 20.4. The van der Waals surface area contributed by atoms with Crippen LogP contribution >= 0.6 is 11.6 Å². The second-order valence-electron chi connectivity index (χ2n) is 7.09. The zero-order chi connectivity index (χ0) is 22.1. The number of aromatic nitrogens is 3. The molecule has 0 aliphatic heterocycles. The smallest absolute Gasteiger partial charge is 0.268 e. The largest absolute Gasteiger partial charge is 0.392 e. The van der Waals surface area contributed by atoms with Crippen LogP contribution in [0.15, 0.2) is 59.7 Å². The molecule has 4 aromatic rings. The normalized spacial score (nSPS) is 11.8. The van der Waals surface area contributed by atoms with Gasteiger partial charge >= 0.3 is 0 Å². The van der Waals surface area contributed by atoms with Crippen LogP contribution in [0.4, 0.5) is 17.3 Å². The van der Waals surface area contributed by atoms with Gasteiger partial charge in [-0.25, -0.2) is 14.8 Å². The Morgan fingerprint density at radius 1 is 1.16 bits per heavy atom. The van der Waals surface area contributed by atoms with Crippen molar-refractivity contribution >= 4 is 39.8 Å². The lowest BCUT2D eigenvalue weighted by molar-refractivity contribution is 0.837. The van der Waals surface area contributed by atoms with Crippen LogP contribution in [0.2, 0.25) is 5.02 Å². The average molecular weight is 431 g/mol. The Morgan fingerprint density at radius 2 is 1.90 bits per heavy atom. The third-order valence-corrected chi connectivity index (χ3v) is 5.50. The summed E-state index contributed by atoms with van der Waals surface area (Å²) in [4.78, 5) is 25.1. The van der Waals surface area contributed by atoms with Crippen LogP contribution in [0.3, 0.4) is 0 Å². The molecule has 31 heavy (non-hydrogen) atoms. The van der Waals surface area contributed by atoms with E-state index in [2.05, 4.69) is 20.1 Å². The molecule has 4 rings (SSSR count). The quantitative estimate of drug-likeness (QED) is 0.447. The van der Waals surface area contributed by atoms with Crippen molar-refractivity contribution in [1.82, 2.24) is 14.5 Å². The first-order valence-electron chi connectivity index (χ1n) is 9.55. The zero-order valence-corrected chi connectivity index (χ0v) is 17.7. The van der Waals surface area contributed by atoms with Crippen LogP contribution in [0.1, 0.15) is 18.5 Å². The predicted molar refractivity (Wildman–Crippen MR) is 124 cm³/mol.